The fourth-order valence-electron chi connectivity index (χ4n) is 3.98. The molecule has 0 spiro atoms. The van der Waals surface area contributed by atoms with Crippen molar-refractivity contribution in [3.05, 3.63) is 72.4 Å². The Morgan fingerprint density at radius 1 is 1.15 bits per heavy atom. The molecule has 166 valence electrons. The Morgan fingerprint density at radius 2 is 1.94 bits per heavy atom. The number of likely N-dealkylation sites (N-methyl/N-ethyl adjacent to an activating group) is 1. The summed E-state index contributed by atoms with van der Waals surface area (Å²) in [5, 5.41) is 13.3. The zero-order valence-corrected chi connectivity index (χ0v) is 18.1. The highest BCUT2D eigenvalue weighted by molar-refractivity contribution is 5.99. The van der Waals surface area contributed by atoms with Crippen LogP contribution < -0.4 is 5.32 Å². The molecule has 33 heavy (non-hydrogen) atoms. The molecule has 1 aliphatic heterocycles. The summed E-state index contributed by atoms with van der Waals surface area (Å²) >= 11 is 0. The topological polar surface area (TPSA) is 106 Å². The third-order valence-corrected chi connectivity index (χ3v) is 5.75. The van der Waals surface area contributed by atoms with Crippen LogP contribution in [0.5, 0.6) is 0 Å². The molecule has 1 aromatic heterocycles. The van der Waals surface area contributed by atoms with E-state index in [1.54, 1.807) is 37.5 Å². The lowest BCUT2D eigenvalue weighted by molar-refractivity contribution is -0.131. The number of nitrogens with one attached hydrogen (secondary N) is 1. The molecule has 8 nitrogen and oxygen atoms in total. The first-order chi connectivity index (χ1) is 16.0. The van der Waals surface area contributed by atoms with Crippen LogP contribution in [-0.2, 0) is 9.59 Å². The van der Waals surface area contributed by atoms with E-state index in [9.17, 15) is 19.6 Å². The second-order valence-electron chi connectivity index (χ2n) is 8.05. The van der Waals surface area contributed by atoms with E-state index in [1.165, 1.54) is 9.80 Å². The van der Waals surface area contributed by atoms with Gasteiger partial charge in [-0.15, -0.1) is 0 Å². The van der Waals surface area contributed by atoms with Crippen molar-refractivity contribution in [2.24, 2.45) is 5.92 Å². The van der Waals surface area contributed by atoms with Crippen molar-refractivity contribution in [2.75, 3.05) is 25.5 Å². The van der Waals surface area contributed by atoms with Gasteiger partial charge in [0.1, 0.15) is 6.04 Å². The number of nitrogens with zero attached hydrogens (tertiary/aromatic N) is 4. The Bertz CT molecular complexity index is 1240. The Labute approximate surface area is 191 Å². The lowest BCUT2D eigenvalue weighted by Crippen LogP contribution is -2.43. The molecule has 8 heteroatoms. The lowest BCUT2D eigenvalue weighted by atomic mass is 10.1. The molecule has 0 radical (unpaired) electrons. The van der Waals surface area contributed by atoms with Gasteiger partial charge < -0.3 is 15.1 Å². The van der Waals surface area contributed by atoms with Gasteiger partial charge in [-0.3, -0.25) is 19.4 Å². The molecule has 0 aliphatic carbocycles. The maximum atomic E-state index is 12.9. The van der Waals surface area contributed by atoms with Gasteiger partial charge in [0.15, 0.2) is 0 Å². The summed E-state index contributed by atoms with van der Waals surface area (Å²) in [6.07, 6.45) is 1.92. The molecule has 2 unspecified atom stereocenters. The van der Waals surface area contributed by atoms with Crippen molar-refractivity contribution in [3.63, 3.8) is 0 Å². The van der Waals surface area contributed by atoms with Gasteiger partial charge in [-0.05, 0) is 36.8 Å². The fourth-order valence-corrected chi connectivity index (χ4v) is 3.98. The second-order valence-corrected chi connectivity index (χ2v) is 8.05. The predicted molar refractivity (Wildman–Crippen MR) is 123 cm³/mol. The molecular weight excluding hydrogens is 418 g/mol. The normalized spacial score (nSPS) is 17.4. The molecule has 2 heterocycles. The number of amides is 3. The van der Waals surface area contributed by atoms with Gasteiger partial charge in [0.05, 0.1) is 24.0 Å². The molecule has 0 bridgehead atoms. The van der Waals surface area contributed by atoms with Gasteiger partial charge in [0.25, 0.3) is 5.91 Å². The molecule has 3 aromatic rings. The maximum Gasteiger partial charge on any atom is 0.254 e. The molecule has 4 rings (SSSR count). The number of aromatic nitrogens is 1. The third-order valence-electron chi connectivity index (χ3n) is 5.75. The molecule has 2 aromatic carbocycles. The number of pyridine rings is 1. The number of nitriles is 1. The van der Waals surface area contributed by atoms with Crippen LogP contribution in [0.15, 0.2) is 66.9 Å². The first kappa shape index (κ1) is 22.0. The second kappa shape index (κ2) is 9.49. The van der Waals surface area contributed by atoms with Gasteiger partial charge in [0.2, 0.25) is 11.8 Å². The average Bonchev–Trinajstić information content (AvgIpc) is 3.29. The van der Waals surface area contributed by atoms with Crippen molar-refractivity contribution in [2.45, 2.75) is 12.5 Å². The Kier molecular flexibility index (Phi) is 6.31. The van der Waals surface area contributed by atoms with E-state index in [0.29, 0.717) is 16.8 Å². The van der Waals surface area contributed by atoms with Crippen LogP contribution in [0.1, 0.15) is 16.8 Å². The first-order valence-corrected chi connectivity index (χ1v) is 10.6. The van der Waals surface area contributed by atoms with E-state index < -0.39 is 12.0 Å². The molecule has 0 saturated carbocycles. The largest absolute Gasteiger partial charge is 0.332 e. The molecule has 1 fully saturated rings. The van der Waals surface area contributed by atoms with Crippen LogP contribution in [0, 0.1) is 17.2 Å². The van der Waals surface area contributed by atoms with Crippen LogP contribution in [-0.4, -0.2) is 58.7 Å². The van der Waals surface area contributed by atoms with E-state index in [1.807, 2.05) is 36.4 Å². The van der Waals surface area contributed by atoms with Gasteiger partial charge in [-0.2, -0.15) is 5.26 Å². The molecule has 1 aliphatic rings. The summed E-state index contributed by atoms with van der Waals surface area (Å²) in [6.45, 7) is -0.0536. The third kappa shape index (κ3) is 4.83. The highest BCUT2D eigenvalue weighted by Gasteiger charge is 2.39. The highest BCUT2D eigenvalue weighted by Crippen LogP contribution is 2.25. The van der Waals surface area contributed by atoms with E-state index in [4.69, 9.17) is 0 Å². The predicted octanol–water partition coefficient (Wildman–Crippen LogP) is 2.69. The number of carbonyl (C=O) groups is 3. The molecule has 1 N–H and O–H groups in total. The van der Waals surface area contributed by atoms with E-state index in [0.717, 1.165) is 5.39 Å². The number of fused-ring (bicyclic) bond motifs is 1. The van der Waals surface area contributed by atoms with Crippen molar-refractivity contribution in [3.8, 4) is 6.07 Å². The van der Waals surface area contributed by atoms with Crippen LogP contribution in [0.25, 0.3) is 10.9 Å². The number of rotatable bonds is 5. The van der Waals surface area contributed by atoms with Crippen molar-refractivity contribution in [1.82, 2.24) is 14.8 Å². The van der Waals surface area contributed by atoms with Crippen molar-refractivity contribution >= 4 is 34.3 Å². The number of hydrogen-bond donors (Lipinski definition) is 1. The molecule has 3 amide bonds. The van der Waals surface area contributed by atoms with Gasteiger partial charge in [-0.25, -0.2) is 0 Å². The minimum atomic E-state index is -0.711. The van der Waals surface area contributed by atoms with E-state index in [2.05, 4.69) is 16.4 Å². The Balaban J connectivity index is 1.40. The van der Waals surface area contributed by atoms with Crippen LogP contribution >= 0.6 is 0 Å². The molecular formula is C25H23N5O3. The van der Waals surface area contributed by atoms with Gasteiger partial charge in [0, 0.05) is 36.4 Å². The summed E-state index contributed by atoms with van der Waals surface area (Å²) in [5.74, 6) is -1.41. The van der Waals surface area contributed by atoms with Gasteiger partial charge in [-0.1, -0.05) is 30.3 Å². The SMILES string of the molecule is CN(CC(=O)N1CC(C(=O)Nc2ccccc2)CC1C#N)C(=O)c1ccc2cccnc2c1. The number of benzene rings is 2. The number of para-hydroxylation sites is 1. The van der Waals surface area contributed by atoms with Crippen LogP contribution in [0.3, 0.4) is 0 Å². The Morgan fingerprint density at radius 3 is 2.70 bits per heavy atom. The van der Waals surface area contributed by atoms with Crippen LogP contribution in [0.4, 0.5) is 5.69 Å². The number of hydrogen-bond acceptors (Lipinski definition) is 5. The fraction of sp³-hybridized carbons (Fsp3) is 0.240. The summed E-state index contributed by atoms with van der Waals surface area (Å²) in [5.41, 5.74) is 1.78. The number of likely N-dealkylation sites (tertiary alicyclic amines) is 1. The molecule has 2 atom stereocenters. The minimum Gasteiger partial charge on any atom is -0.332 e. The standard InChI is InChI=1S/C25H23N5O3/c1-29(25(33)18-10-9-17-6-5-11-27-22(17)13-18)16-23(31)30-15-19(12-21(30)14-26)24(32)28-20-7-3-2-4-8-20/h2-11,13,19,21H,12,15-16H2,1H3,(H,28,32). The summed E-state index contributed by atoms with van der Waals surface area (Å²) < 4.78 is 0. The van der Waals surface area contributed by atoms with Gasteiger partial charge >= 0.3 is 0 Å². The first-order valence-electron chi connectivity index (χ1n) is 10.6. The zero-order valence-electron chi connectivity index (χ0n) is 18.1. The van der Waals surface area contributed by atoms with E-state index >= 15 is 0 Å². The number of carbonyl (C=O) groups excluding carboxylic acids is 3. The van der Waals surface area contributed by atoms with E-state index in [-0.39, 0.29) is 37.2 Å². The summed E-state index contributed by atoms with van der Waals surface area (Å²) in [7, 11) is 1.54. The summed E-state index contributed by atoms with van der Waals surface area (Å²) in [4.78, 5) is 45.4. The summed E-state index contributed by atoms with van der Waals surface area (Å²) in [6, 6.07) is 19.4. The van der Waals surface area contributed by atoms with Crippen LogP contribution in [0.2, 0.25) is 0 Å². The minimum absolute atomic E-state index is 0.137. The highest BCUT2D eigenvalue weighted by atomic mass is 16.2. The molecule has 1 saturated heterocycles. The monoisotopic (exact) mass is 441 g/mol. The van der Waals surface area contributed by atoms with Crippen molar-refractivity contribution < 1.29 is 14.4 Å². The Hall–Kier alpha value is -4.25. The maximum absolute atomic E-state index is 12.9. The quantitative estimate of drug-likeness (QED) is 0.655. The van der Waals surface area contributed by atoms with Crippen molar-refractivity contribution in [1.29, 1.82) is 5.26 Å². The average molecular weight is 441 g/mol. The number of anilines is 1. The zero-order chi connectivity index (χ0) is 23.4. The smallest absolute Gasteiger partial charge is 0.254 e. The lowest BCUT2D eigenvalue weighted by Gasteiger charge is -2.24.